The first-order chi connectivity index (χ1) is 9.24. The first kappa shape index (κ1) is 12.1. The Labute approximate surface area is 111 Å². The summed E-state index contributed by atoms with van der Waals surface area (Å²) in [6, 6.07) is 5.01. The van der Waals surface area contributed by atoms with Crippen molar-refractivity contribution in [2.45, 2.75) is 38.6 Å². The summed E-state index contributed by atoms with van der Waals surface area (Å²) in [5.74, 6) is -0.249. The molecule has 1 heterocycles. The van der Waals surface area contributed by atoms with Gasteiger partial charge in [-0.15, -0.1) is 5.10 Å². The van der Waals surface area contributed by atoms with E-state index in [1.54, 1.807) is 12.1 Å². The topological polar surface area (TPSA) is 68.0 Å². The van der Waals surface area contributed by atoms with Crippen molar-refractivity contribution in [2.24, 2.45) is 5.92 Å². The molecule has 0 atom stereocenters. The molecule has 1 N–H and O–H groups in total. The van der Waals surface area contributed by atoms with Gasteiger partial charge in [0.15, 0.2) is 0 Å². The lowest BCUT2D eigenvalue weighted by Crippen LogP contribution is -2.15. The molecule has 0 aliphatic heterocycles. The van der Waals surface area contributed by atoms with Gasteiger partial charge in [-0.3, -0.25) is 0 Å². The summed E-state index contributed by atoms with van der Waals surface area (Å²) < 4.78 is 1.91. The quantitative estimate of drug-likeness (QED) is 0.920. The maximum Gasteiger partial charge on any atom is 0.335 e. The van der Waals surface area contributed by atoms with Crippen LogP contribution >= 0.6 is 0 Å². The molecule has 3 rings (SSSR count). The van der Waals surface area contributed by atoms with Gasteiger partial charge in [0.1, 0.15) is 5.52 Å². The summed E-state index contributed by atoms with van der Waals surface area (Å²) in [6.07, 6.45) is 6.47. The molecule has 0 radical (unpaired) electrons. The fourth-order valence-electron chi connectivity index (χ4n) is 2.85. The molecule has 1 fully saturated rings. The number of carboxylic acids is 1. The maximum absolute atomic E-state index is 10.9. The van der Waals surface area contributed by atoms with Crippen LogP contribution in [0.15, 0.2) is 18.2 Å². The Bertz CT molecular complexity index is 600. The van der Waals surface area contributed by atoms with Crippen LogP contribution in [0.3, 0.4) is 0 Å². The van der Waals surface area contributed by atoms with Crippen LogP contribution in [0.1, 0.15) is 42.5 Å². The van der Waals surface area contributed by atoms with Crippen molar-refractivity contribution >= 4 is 17.0 Å². The zero-order chi connectivity index (χ0) is 13.2. The second kappa shape index (κ2) is 4.99. The first-order valence-electron chi connectivity index (χ1n) is 6.80. The lowest BCUT2D eigenvalue weighted by molar-refractivity contribution is 0.0697. The van der Waals surface area contributed by atoms with E-state index in [4.69, 9.17) is 5.11 Å². The van der Waals surface area contributed by atoms with Gasteiger partial charge in [0.25, 0.3) is 0 Å². The minimum atomic E-state index is -0.927. The SMILES string of the molecule is O=C(O)c1ccc2c(c1)nnn2CC1CCCCC1. The van der Waals surface area contributed by atoms with Crippen molar-refractivity contribution in [3.8, 4) is 0 Å². The minimum absolute atomic E-state index is 0.261. The molecule has 0 amide bonds. The fraction of sp³-hybridized carbons (Fsp3) is 0.500. The lowest BCUT2D eigenvalue weighted by Gasteiger charge is -2.21. The van der Waals surface area contributed by atoms with Gasteiger partial charge < -0.3 is 5.11 Å². The highest BCUT2D eigenvalue weighted by atomic mass is 16.4. The Morgan fingerprint density at radius 3 is 2.84 bits per heavy atom. The number of hydrogen-bond acceptors (Lipinski definition) is 3. The minimum Gasteiger partial charge on any atom is -0.478 e. The fourth-order valence-corrected chi connectivity index (χ4v) is 2.85. The van der Waals surface area contributed by atoms with E-state index < -0.39 is 5.97 Å². The average molecular weight is 259 g/mol. The molecule has 1 aliphatic carbocycles. The summed E-state index contributed by atoms with van der Waals surface area (Å²) in [5, 5.41) is 17.2. The zero-order valence-electron chi connectivity index (χ0n) is 10.7. The monoisotopic (exact) mass is 259 g/mol. The standard InChI is InChI=1S/C14H17N3O2/c18-14(19)11-6-7-13-12(8-11)15-16-17(13)9-10-4-2-1-3-5-10/h6-8,10H,1-5,9H2,(H,18,19). The molecule has 5 heteroatoms. The van der Waals surface area contributed by atoms with Crippen LogP contribution in [0.2, 0.25) is 0 Å². The highest BCUT2D eigenvalue weighted by Crippen LogP contribution is 2.26. The molecule has 0 saturated heterocycles. The summed E-state index contributed by atoms with van der Waals surface area (Å²) in [4.78, 5) is 10.9. The van der Waals surface area contributed by atoms with Crippen LogP contribution in [-0.4, -0.2) is 26.1 Å². The van der Waals surface area contributed by atoms with Crippen LogP contribution in [-0.2, 0) is 6.54 Å². The number of hydrogen-bond donors (Lipinski definition) is 1. The van der Waals surface area contributed by atoms with Crippen molar-refractivity contribution < 1.29 is 9.90 Å². The first-order valence-corrected chi connectivity index (χ1v) is 6.80. The van der Waals surface area contributed by atoms with Crippen molar-refractivity contribution in [1.82, 2.24) is 15.0 Å². The number of aromatic carboxylic acids is 1. The van der Waals surface area contributed by atoms with Gasteiger partial charge >= 0.3 is 5.97 Å². The molecular formula is C14H17N3O2. The molecule has 0 unspecified atom stereocenters. The average Bonchev–Trinajstić information content (AvgIpc) is 2.82. The number of aromatic nitrogens is 3. The molecule has 1 saturated carbocycles. The molecule has 1 aromatic carbocycles. The zero-order valence-corrected chi connectivity index (χ0v) is 10.7. The molecule has 5 nitrogen and oxygen atoms in total. The Hall–Kier alpha value is -1.91. The third-order valence-corrected chi connectivity index (χ3v) is 3.92. The molecule has 1 aromatic heterocycles. The second-order valence-electron chi connectivity index (χ2n) is 5.28. The van der Waals surface area contributed by atoms with Crippen LogP contribution in [0.4, 0.5) is 0 Å². The van der Waals surface area contributed by atoms with Gasteiger partial charge in [-0.1, -0.05) is 24.5 Å². The lowest BCUT2D eigenvalue weighted by atomic mass is 9.89. The number of benzene rings is 1. The van der Waals surface area contributed by atoms with E-state index in [9.17, 15) is 4.79 Å². The molecule has 1 aliphatic rings. The number of nitrogens with zero attached hydrogens (tertiary/aromatic N) is 3. The molecular weight excluding hydrogens is 242 g/mol. The third-order valence-electron chi connectivity index (χ3n) is 3.92. The smallest absolute Gasteiger partial charge is 0.335 e. The van der Waals surface area contributed by atoms with Crippen LogP contribution in [0.5, 0.6) is 0 Å². The van der Waals surface area contributed by atoms with Crippen molar-refractivity contribution in [3.05, 3.63) is 23.8 Å². The highest BCUT2D eigenvalue weighted by molar-refractivity contribution is 5.92. The normalized spacial score (nSPS) is 16.8. The van der Waals surface area contributed by atoms with Gasteiger partial charge in [-0.2, -0.15) is 0 Å². The Balaban J connectivity index is 1.86. The van der Waals surface area contributed by atoms with E-state index in [1.165, 1.54) is 32.1 Å². The summed E-state index contributed by atoms with van der Waals surface area (Å²) >= 11 is 0. The van der Waals surface area contributed by atoms with E-state index in [1.807, 2.05) is 10.7 Å². The van der Waals surface area contributed by atoms with E-state index in [0.29, 0.717) is 11.4 Å². The van der Waals surface area contributed by atoms with Gasteiger partial charge in [-0.25, -0.2) is 9.48 Å². The van der Waals surface area contributed by atoms with Gasteiger partial charge in [-0.05, 0) is 37.0 Å². The predicted molar refractivity (Wildman–Crippen MR) is 71.1 cm³/mol. The van der Waals surface area contributed by atoms with Crippen LogP contribution in [0, 0.1) is 5.92 Å². The summed E-state index contributed by atoms with van der Waals surface area (Å²) in [6.45, 7) is 0.892. The molecule has 100 valence electrons. The van der Waals surface area contributed by atoms with E-state index >= 15 is 0 Å². The van der Waals surface area contributed by atoms with E-state index in [0.717, 1.165) is 12.1 Å². The van der Waals surface area contributed by atoms with Crippen LogP contribution < -0.4 is 0 Å². The van der Waals surface area contributed by atoms with Crippen molar-refractivity contribution in [1.29, 1.82) is 0 Å². The second-order valence-corrected chi connectivity index (χ2v) is 5.28. The molecule has 0 bridgehead atoms. The summed E-state index contributed by atoms with van der Waals surface area (Å²) in [5.41, 5.74) is 1.85. The third kappa shape index (κ3) is 2.45. The number of carbonyl (C=O) groups is 1. The molecule has 2 aromatic rings. The molecule has 0 spiro atoms. The number of carboxylic acid groups (broad SMARTS) is 1. The number of rotatable bonds is 3. The van der Waals surface area contributed by atoms with Gasteiger partial charge in [0.2, 0.25) is 0 Å². The van der Waals surface area contributed by atoms with Gasteiger partial charge in [0.05, 0.1) is 11.1 Å². The summed E-state index contributed by atoms with van der Waals surface area (Å²) in [7, 11) is 0. The Morgan fingerprint density at radius 1 is 1.32 bits per heavy atom. The van der Waals surface area contributed by atoms with E-state index in [-0.39, 0.29) is 5.56 Å². The van der Waals surface area contributed by atoms with Crippen molar-refractivity contribution in [3.63, 3.8) is 0 Å². The van der Waals surface area contributed by atoms with Crippen LogP contribution in [0.25, 0.3) is 11.0 Å². The highest BCUT2D eigenvalue weighted by Gasteiger charge is 2.16. The number of fused-ring (bicyclic) bond motifs is 1. The van der Waals surface area contributed by atoms with Crippen molar-refractivity contribution in [2.75, 3.05) is 0 Å². The largest absolute Gasteiger partial charge is 0.478 e. The molecule has 19 heavy (non-hydrogen) atoms. The Kier molecular flexibility index (Phi) is 3.19. The predicted octanol–water partition coefficient (Wildman–Crippen LogP) is 2.71. The Morgan fingerprint density at radius 2 is 2.11 bits per heavy atom. The van der Waals surface area contributed by atoms with Gasteiger partial charge in [0, 0.05) is 6.54 Å². The maximum atomic E-state index is 10.9. The van der Waals surface area contributed by atoms with E-state index in [2.05, 4.69) is 10.3 Å².